The topological polar surface area (TPSA) is 29.1 Å². The van der Waals surface area contributed by atoms with Crippen molar-refractivity contribution in [2.45, 2.75) is 13.0 Å². The van der Waals surface area contributed by atoms with Crippen LogP contribution in [0, 0.1) is 5.82 Å². The maximum atomic E-state index is 12.8. The zero-order chi connectivity index (χ0) is 13.1. The molecule has 1 unspecified atom stereocenters. The fourth-order valence-corrected chi connectivity index (χ4v) is 3.01. The van der Waals surface area contributed by atoms with Gasteiger partial charge >= 0.3 is 0 Å². The van der Waals surface area contributed by atoms with Crippen molar-refractivity contribution < 1.29 is 9.18 Å². The summed E-state index contributed by atoms with van der Waals surface area (Å²) in [5, 5.41) is 4.73. The normalized spacial score (nSPS) is 12.2. The summed E-state index contributed by atoms with van der Waals surface area (Å²) in [6.45, 7) is 1.87. The Morgan fingerprint density at radius 1 is 1.33 bits per heavy atom. The highest BCUT2D eigenvalue weighted by Crippen LogP contribution is 2.23. The second-order valence-corrected chi connectivity index (χ2v) is 5.61. The van der Waals surface area contributed by atoms with E-state index in [2.05, 4.69) is 21.2 Å². The third kappa shape index (κ3) is 2.97. The van der Waals surface area contributed by atoms with Crippen molar-refractivity contribution in [1.82, 2.24) is 5.32 Å². The van der Waals surface area contributed by atoms with Gasteiger partial charge in [0, 0.05) is 4.47 Å². The van der Waals surface area contributed by atoms with Crippen molar-refractivity contribution in [1.29, 1.82) is 0 Å². The van der Waals surface area contributed by atoms with Crippen LogP contribution in [-0.2, 0) is 0 Å². The molecule has 0 radical (unpaired) electrons. The summed E-state index contributed by atoms with van der Waals surface area (Å²) in [6, 6.07) is 7.79. The van der Waals surface area contributed by atoms with Crippen LogP contribution in [0.4, 0.5) is 4.39 Å². The molecule has 2 nitrogen and oxygen atoms in total. The summed E-state index contributed by atoms with van der Waals surface area (Å²) >= 11 is 4.70. The number of amides is 1. The molecule has 0 spiro atoms. The van der Waals surface area contributed by atoms with E-state index in [1.54, 1.807) is 12.1 Å². The highest BCUT2D eigenvalue weighted by atomic mass is 79.9. The predicted octanol–water partition coefficient (Wildman–Crippen LogP) is 4.14. The molecule has 2 aromatic rings. The Morgan fingerprint density at radius 3 is 2.56 bits per heavy atom. The number of hydrogen-bond donors (Lipinski definition) is 1. The first-order valence-electron chi connectivity index (χ1n) is 5.37. The van der Waals surface area contributed by atoms with Gasteiger partial charge in [0.2, 0.25) is 0 Å². The number of hydrogen-bond acceptors (Lipinski definition) is 2. The Morgan fingerprint density at radius 2 is 2.00 bits per heavy atom. The van der Waals surface area contributed by atoms with E-state index in [0.717, 1.165) is 10.0 Å². The zero-order valence-electron chi connectivity index (χ0n) is 9.61. The van der Waals surface area contributed by atoms with Crippen LogP contribution in [-0.4, -0.2) is 5.91 Å². The summed E-state index contributed by atoms with van der Waals surface area (Å²) < 4.78 is 13.6. The average molecular weight is 328 g/mol. The van der Waals surface area contributed by atoms with Gasteiger partial charge in [0.15, 0.2) is 0 Å². The molecule has 1 heterocycles. The molecule has 1 N–H and O–H groups in total. The molecular formula is C13H11BrFNOS. The molecule has 94 valence electrons. The van der Waals surface area contributed by atoms with Crippen molar-refractivity contribution >= 4 is 33.2 Å². The average Bonchev–Trinajstić information content (AvgIpc) is 2.76. The molecule has 0 fully saturated rings. The Hall–Kier alpha value is -1.20. The van der Waals surface area contributed by atoms with E-state index in [4.69, 9.17) is 0 Å². The zero-order valence-corrected chi connectivity index (χ0v) is 12.0. The standard InChI is InChI=1S/C13H11BrFNOS/c1-8(9-2-4-10(15)5-3-9)16-13(17)12-11(14)6-7-18-12/h2-8H,1H3,(H,16,17). The number of carbonyl (C=O) groups is 1. The second kappa shape index (κ2) is 5.63. The first-order valence-corrected chi connectivity index (χ1v) is 7.04. The van der Waals surface area contributed by atoms with Crippen molar-refractivity contribution in [2.24, 2.45) is 0 Å². The maximum Gasteiger partial charge on any atom is 0.262 e. The molecule has 1 amide bonds. The van der Waals surface area contributed by atoms with Crippen molar-refractivity contribution in [3.8, 4) is 0 Å². The molecule has 1 aromatic heterocycles. The van der Waals surface area contributed by atoms with E-state index in [1.807, 2.05) is 18.4 Å². The lowest BCUT2D eigenvalue weighted by molar-refractivity contribution is 0.0943. The molecule has 0 bridgehead atoms. The van der Waals surface area contributed by atoms with Crippen LogP contribution >= 0.6 is 27.3 Å². The first-order chi connectivity index (χ1) is 8.58. The van der Waals surface area contributed by atoms with Crippen molar-refractivity contribution in [3.05, 3.63) is 56.4 Å². The van der Waals surface area contributed by atoms with Gasteiger partial charge in [-0.05, 0) is 52.0 Å². The van der Waals surface area contributed by atoms with Gasteiger partial charge in [0.25, 0.3) is 5.91 Å². The number of halogens is 2. The SMILES string of the molecule is CC(NC(=O)c1sccc1Br)c1ccc(F)cc1. The lowest BCUT2D eigenvalue weighted by Crippen LogP contribution is -2.26. The van der Waals surface area contributed by atoms with Crippen LogP contribution in [0.25, 0.3) is 0 Å². The van der Waals surface area contributed by atoms with Gasteiger partial charge in [0.1, 0.15) is 10.7 Å². The van der Waals surface area contributed by atoms with E-state index >= 15 is 0 Å². The third-order valence-electron chi connectivity index (χ3n) is 2.54. The molecule has 2 rings (SSSR count). The fraction of sp³-hybridized carbons (Fsp3) is 0.154. The quantitative estimate of drug-likeness (QED) is 0.901. The van der Waals surface area contributed by atoms with Gasteiger partial charge < -0.3 is 5.32 Å². The van der Waals surface area contributed by atoms with Gasteiger partial charge in [-0.2, -0.15) is 0 Å². The van der Waals surface area contributed by atoms with Crippen LogP contribution in [0.2, 0.25) is 0 Å². The largest absolute Gasteiger partial charge is 0.345 e. The van der Waals surface area contributed by atoms with Gasteiger partial charge in [-0.15, -0.1) is 11.3 Å². The Balaban J connectivity index is 2.08. The van der Waals surface area contributed by atoms with Crippen LogP contribution in [0.3, 0.4) is 0 Å². The van der Waals surface area contributed by atoms with Gasteiger partial charge in [-0.1, -0.05) is 12.1 Å². The summed E-state index contributed by atoms with van der Waals surface area (Å²) in [6.07, 6.45) is 0. The molecule has 0 aliphatic carbocycles. The molecule has 18 heavy (non-hydrogen) atoms. The summed E-state index contributed by atoms with van der Waals surface area (Å²) in [5.41, 5.74) is 0.873. The molecule has 0 aliphatic rings. The molecule has 1 atom stereocenters. The summed E-state index contributed by atoms with van der Waals surface area (Å²) in [7, 11) is 0. The number of benzene rings is 1. The second-order valence-electron chi connectivity index (χ2n) is 3.84. The lowest BCUT2D eigenvalue weighted by Gasteiger charge is -2.13. The van der Waals surface area contributed by atoms with Crippen LogP contribution in [0.1, 0.15) is 28.2 Å². The number of rotatable bonds is 3. The molecule has 5 heteroatoms. The molecule has 0 saturated heterocycles. The molecular weight excluding hydrogens is 317 g/mol. The third-order valence-corrected chi connectivity index (χ3v) is 4.38. The number of carbonyl (C=O) groups excluding carboxylic acids is 1. The molecule has 0 saturated carbocycles. The highest BCUT2D eigenvalue weighted by molar-refractivity contribution is 9.10. The van der Waals surface area contributed by atoms with Crippen LogP contribution in [0.15, 0.2) is 40.2 Å². The van der Waals surface area contributed by atoms with E-state index < -0.39 is 0 Å². The Kier molecular flexibility index (Phi) is 4.14. The van der Waals surface area contributed by atoms with Gasteiger partial charge in [-0.3, -0.25) is 4.79 Å². The van der Waals surface area contributed by atoms with Crippen molar-refractivity contribution in [2.75, 3.05) is 0 Å². The Bertz CT molecular complexity index is 552. The predicted molar refractivity (Wildman–Crippen MR) is 74.3 cm³/mol. The minimum atomic E-state index is -0.279. The van der Waals surface area contributed by atoms with E-state index in [1.165, 1.54) is 23.5 Å². The van der Waals surface area contributed by atoms with E-state index in [9.17, 15) is 9.18 Å². The van der Waals surface area contributed by atoms with Crippen LogP contribution < -0.4 is 5.32 Å². The number of nitrogens with one attached hydrogen (secondary N) is 1. The summed E-state index contributed by atoms with van der Waals surface area (Å²) in [5.74, 6) is -0.410. The van der Waals surface area contributed by atoms with Crippen molar-refractivity contribution in [3.63, 3.8) is 0 Å². The minimum Gasteiger partial charge on any atom is -0.345 e. The summed E-state index contributed by atoms with van der Waals surface area (Å²) in [4.78, 5) is 12.6. The molecule has 0 aliphatic heterocycles. The molecule has 1 aromatic carbocycles. The first kappa shape index (κ1) is 13.2. The van der Waals surface area contributed by atoms with Crippen LogP contribution in [0.5, 0.6) is 0 Å². The smallest absolute Gasteiger partial charge is 0.262 e. The van der Waals surface area contributed by atoms with Gasteiger partial charge in [0.05, 0.1) is 6.04 Å². The Labute approximate surface area is 117 Å². The maximum absolute atomic E-state index is 12.8. The lowest BCUT2D eigenvalue weighted by atomic mass is 10.1. The van der Waals surface area contributed by atoms with Gasteiger partial charge in [-0.25, -0.2) is 4.39 Å². The van der Waals surface area contributed by atoms with E-state index in [-0.39, 0.29) is 17.8 Å². The monoisotopic (exact) mass is 327 g/mol. The highest BCUT2D eigenvalue weighted by Gasteiger charge is 2.14. The number of thiophene rings is 1. The fourth-order valence-electron chi connectivity index (χ4n) is 1.55. The van der Waals surface area contributed by atoms with E-state index in [0.29, 0.717) is 4.88 Å². The minimum absolute atomic E-state index is 0.131.